The summed E-state index contributed by atoms with van der Waals surface area (Å²) in [6.45, 7) is 1.51. The van der Waals surface area contributed by atoms with Gasteiger partial charge in [0.25, 0.3) is 0 Å². The van der Waals surface area contributed by atoms with Crippen LogP contribution < -0.4 is 0 Å². The number of rotatable bonds is 4. The molecule has 2 heterocycles. The van der Waals surface area contributed by atoms with Crippen molar-refractivity contribution in [2.45, 2.75) is 32.2 Å². The number of likely N-dealkylation sites (tertiary alicyclic amines) is 1. The lowest BCUT2D eigenvalue weighted by Crippen LogP contribution is -2.43. The first kappa shape index (κ1) is 17.2. The molecule has 5 rings (SSSR count). The van der Waals surface area contributed by atoms with E-state index in [-0.39, 0.29) is 24.2 Å². The van der Waals surface area contributed by atoms with Crippen molar-refractivity contribution in [1.82, 2.24) is 14.5 Å². The van der Waals surface area contributed by atoms with Crippen LogP contribution in [0.25, 0.3) is 10.8 Å². The number of amides is 1. The van der Waals surface area contributed by atoms with Gasteiger partial charge >= 0.3 is 0 Å². The Morgan fingerprint density at radius 2 is 1.96 bits per heavy atom. The molecule has 3 aromatic rings. The second-order valence-corrected chi connectivity index (χ2v) is 7.89. The van der Waals surface area contributed by atoms with E-state index in [2.05, 4.69) is 29.2 Å². The Morgan fingerprint density at radius 1 is 1.11 bits per heavy atom. The lowest BCUT2D eigenvalue weighted by atomic mass is 9.87. The number of benzene rings is 2. The lowest BCUT2D eigenvalue weighted by molar-refractivity contribution is -0.133. The Bertz CT molecular complexity index is 1040. The van der Waals surface area contributed by atoms with Gasteiger partial charge < -0.3 is 9.47 Å². The van der Waals surface area contributed by atoms with Gasteiger partial charge in [-0.15, -0.1) is 0 Å². The zero-order valence-electron chi connectivity index (χ0n) is 15.8. The monoisotopic (exact) mass is 373 g/mol. The van der Waals surface area contributed by atoms with Gasteiger partial charge in [-0.2, -0.15) is 0 Å². The van der Waals surface area contributed by atoms with Crippen molar-refractivity contribution >= 4 is 22.5 Å². The fourth-order valence-corrected chi connectivity index (χ4v) is 4.74. The molecule has 1 amide bonds. The summed E-state index contributed by atoms with van der Waals surface area (Å²) in [6.07, 6.45) is 8.94. The SMILES string of the molecule is O=C(c1ccc2c3c(cccc13)CC2)C1CCCN(C(=O)Cn2ccnc2)C1. The number of Topliss-reactive ketones (excluding diaryl/α,β-unsaturated/α-hetero) is 1. The normalized spacial score (nSPS) is 18.6. The van der Waals surface area contributed by atoms with E-state index in [0.29, 0.717) is 6.54 Å². The van der Waals surface area contributed by atoms with Crippen molar-refractivity contribution in [3.05, 3.63) is 65.7 Å². The van der Waals surface area contributed by atoms with Crippen LogP contribution in [0.3, 0.4) is 0 Å². The highest BCUT2D eigenvalue weighted by Gasteiger charge is 2.30. The summed E-state index contributed by atoms with van der Waals surface area (Å²) in [5.74, 6) is 0.102. The van der Waals surface area contributed by atoms with Crippen molar-refractivity contribution in [1.29, 1.82) is 0 Å². The fraction of sp³-hybridized carbons (Fsp3) is 0.348. The average molecular weight is 373 g/mol. The minimum Gasteiger partial charge on any atom is -0.340 e. The number of nitrogens with zero attached hydrogens (tertiary/aromatic N) is 3. The molecule has 1 saturated heterocycles. The van der Waals surface area contributed by atoms with Gasteiger partial charge in [0, 0.05) is 37.0 Å². The van der Waals surface area contributed by atoms with E-state index in [0.717, 1.165) is 43.2 Å². The molecule has 1 unspecified atom stereocenters. The van der Waals surface area contributed by atoms with Crippen molar-refractivity contribution in [3.8, 4) is 0 Å². The molecule has 0 bridgehead atoms. The number of imidazole rings is 1. The topological polar surface area (TPSA) is 55.2 Å². The van der Waals surface area contributed by atoms with E-state index < -0.39 is 0 Å². The van der Waals surface area contributed by atoms with Crippen LogP contribution in [-0.2, 0) is 24.2 Å². The molecule has 1 aromatic heterocycles. The van der Waals surface area contributed by atoms with Gasteiger partial charge in [0.05, 0.1) is 6.33 Å². The molecule has 142 valence electrons. The maximum Gasteiger partial charge on any atom is 0.242 e. The van der Waals surface area contributed by atoms with Crippen LogP contribution >= 0.6 is 0 Å². The van der Waals surface area contributed by atoms with Crippen LogP contribution in [0.1, 0.15) is 34.3 Å². The zero-order chi connectivity index (χ0) is 19.1. The van der Waals surface area contributed by atoms with Crippen LogP contribution in [0.4, 0.5) is 0 Å². The third kappa shape index (κ3) is 2.91. The average Bonchev–Trinajstić information content (AvgIpc) is 3.39. The number of hydrogen-bond donors (Lipinski definition) is 0. The molecule has 5 nitrogen and oxygen atoms in total. The van der Waals surface area contributed by atoms with E-state index in [1.807, 2.05) is 11.0 Å². The van der Waals surface area contributed by atoms with Gasteiger partial charge in [0.1, 0.15) is 6.54 Å². The molecule has 0 spiro atoms. The number of aryl methyl sites for hydroxylation is 2. The third-order valence-electron chi connectivity index (χ3n) is 6.16. The standard InChI is InChI=1S/C23H23N3O2/c27-21(14-25-12-10-24-15-25)26-11-2-4-18(13-26)23(28)20-9-8-17-7-6-16-3-1-5-19(20)22(16)17/h1,3,5,8-10,12,15,18H,2,4,6-7,11,13-14H2. The van der Waals surface area contributed by atoms with Crippen LogP contribution in [0.15, 0.2) is 49.1 Å². The summed E-state index contributed by atoms with van der Waals surface area (Å²) in [6, 6.07) is 10.4. The summed E-state index contributed by atoms with van der Waals surface area (Å²) >= 11 is 0. The molecule has 1 fully saturated rings. The Kier molecular flexibility index (Phi) is 4.23. The number of aromatic nitrogens is 2. The second-order valence-electron chi connectivity index (χ2n) is 7.89. The molecule has 1 aliphatic heterocycles. The maximum atomic E-state index is 13.4. The molecular formula is C23H23N3O2. The Labute approximate surface area is 164 Å². The summed E-state index contributed by atoms with van der Waals surface area (Å²) in [7, 11) is 0. The van der Waals surface area contributed by atoms with E-state index in [4.69, 9.17) is 0 Å². The van der Waals surface area contributed by atoms with E-state index in [1.54, 1.807) is 23.3 Å². The van der Waals surface area contributed by atoms with Crippen molar-refractivity contribution in [3.63, 3.8) is 0 Å². The molecule has 1 aliphatic carbocycles. The fourth-order valence-electron chi connectivity index (χ4n) is 4.74. The number of carbonyl (C=O) groups excluding carboxylic acids is 2. The van der Waals surface area contributed by atoms with Gasteiger partial charge in [-0.3, -0.25) is 9.59 Å². The van der Waals surface area contributed by atoms with Gasteiger partial charge in [0.2, 0.25) is 5.91 Å². The number of ketones is 1. The van der Waals surface area contributed by atoms with Crippen LogP contribution in [0.5, 0.6) is 0 Å². The van der Waals surface area contributed by atoms with Crippen molar-refractivity contribution in [2.75, 3.05) is 13.1 Å². The minimum atomic E-state index is -0.126. The number of carbonyl (C=O) groups is 2. The lowest BCUT2D eigenvalue weighted by Gasteiger charge is -2.32. The molecule has 5 heteroatoms. The summed E-state index contributed by atoms with van der Waals surface area (Å²) < 4.78 is 1.77. The summed E-state index contributed by atoms with van der Waals surface area (Å²) in [4.78, 5) is 31.9. The third-order valence-corrected chi connectivity index (χ3v) is 6.16. The first-order valence-electron chi connectivity index (χ1n) is 10.0. The zero-order valence-corrected chi connectivity index (χ0v) is 15.8. The second kappa shape index (κ2) is 6.89. The molecule has 2 aromatic carbocycles. The molecular weight excluding hydrogens is 350 g/mol. The highest BCUT2D eigenvalue weighted by atomic mass is 16.2. The quantitative estimate of drug-likeness (QED) is 0.660. The van der Waals surface area contributed by atoms with Crippen molar-refractivity contribution < 1.29 is 9.59 Å². The molecule has 0 N–H and O–H groups in total. The smallest absolute Gasteiger partial charge is 0.242 e. The molecule has 0 radical (unpaired) electrons. The summed E-state index contributed by atoms with van der Waals surface area (Å²) in [5, 5.41) is 2.36. The minimum absolute atomic E-state index is 0.0518. The molecule has 1 atom stereocenters. The number of piperidine rings is 1. The van der Waals surface area contributed by atoms with Crippen LogP contribution in [-0.4, -0.2) is 39.2 Å². The van der Waals surface area contributed by atoms with Crippen LogP contribution in [0, 0.1) is 5.92 Å². The Balaban J connectivity index is 1.38. The Hall–Kier alpha value is -2.95. The van der Waals surface area contributed by atoms with Gasteiger partial charge in [-0.25, -0.2) is 4.98 Å². The predicted molar refractivity (Wildman–Crippen MR) is 107 cm³/mol. The largest absolute Gasteiger partial charge is 0.340 e. The Morgan fingerprint density at radius 3 is 2.79 bits per heavy atom. The van der Waals surface area contributed by atoms with Gasteiger partial charge in [0.15, 0.2) is 5.78 Å². The maximum absolute atomic E-state index is 13.4. The molecule has 2 aliphatic rings. The highest BCUT2D eigenvalue weighted by Crippen LogP contribution is 2.34. The van der Waals surface area contributed by atoms with Gasteiger partial charge in [-0.1, -0.05) is 30.3 Å². The van der Waals surface area contributed by atoms with Gasteiger partial charge in [-0.05, 0) is 47.6 Å². The van der Waals surface area contributed by atoms with Crippen LogP contribution in [0.2, 0.25) is 0 Å². The highest BCUT2D eigenvalue weighted by molar-refractivity contribution is 6.11. The molecule has 0 saturated carbocycles. The van der Waals surface area contributed by atoms with E-state index >= 15 is 0 Å². The first-order valence-corrected chi connectivity index (χ1v) is 10.0. The molecule has 28 heavy (non-hydrogen) atoms. The number of hydrogen-bond acceptors (Lipinski definition) is 3. The van der Waals surface area contributed by atoms with E-state index in [1.165, 1.54) is 16.5 Å². The summed E-state index contributed by atoms with van der Waals surface area (Å²) in [5.41, 5.74) is 3.52. The van der Waals surface area contributed by atoms with Crippen molar-refractivity contribution in [2.24, 2.45) is 5.92 Å². The van der Waals surface area contributed by atoms with E-state index in [9.17, 15) is 9.59 Å². The predicted octanol–water partition coefficient (Wildman–Crippen LogP) is 3.26. The first-order chi connectivity index (χ1) is 13.7.